The molecular formula is C27H25Br2NZr. The maximum atomic E-state index is 3.19. The number of aryl methyl sites for hydroxylation is 1. The standard InChI is InChI=1S/C20H16N.C7H9.2BrH.Zr/c1-2-7-15-13-16(12-14(15)6-1)21-19-10-4-3-8-17(19)18-9-5-11-20(18)21;1-6-4-3-5-7(6)2;;;/h1-4,6-8,10,12-13H,5,9,11H2;4H,3H2,1-2H3;2*1H;/q2*-1;;;+4/p-2. The van der Waals surface area contributed by atoms with Crippen LogP contribution in [-0.2, 0) is 39.0 Å². The molecule has 1 aromatic heterocycles. The Hall–Kier alpha value is -1.09. The Morgan fingerprint density at radius 1 is 0.935 bits per heavy atom. The maximum absolute atomic E-state index is 3.19. The number of allylic oxidation sites excluding steroid dienone is 4. The van der Waals surface area contributed by atoms with Gasteiger partial charge in [-0.15, -0.1) is 54.4 Å². The van der Waals surface area contributed by atoms with Crippen LogP contribution in [-0.4, -0.2) is 4.57 Å². The largest absolute Gasteiger partial charge is 4.00 e. The Kier molecular flexibility index (Phi) is 9.43. The number of hydrogen-bond acceptors (Lipinski definition) is 0. The van der Waals surface area contributed by atoms with Gasteiger partial charge in [-0.3, -0.25) is 6.08 Å². The van der Waals surface area contributed by atoms with Gasteiger partial charge in [0.15, 0.2) is 0 Å². The Labute approximate surface area is 225 Å². The van der Waals surface area contributed by atoms with Gasteiger partial charge in [0, 0.05) is 11.1 Å². The van der Waals surface area contributed by atoms with Crippen molar-refractivity contribution in [1.29, 1.82) is 0 Å². The molecule has 1 heterocycles. The number of para-hydroxylation sites is 1. The minimum atomic E-state index is 0. The second kappa shape index (κ2) is 11.2. The topological polar surface area (TPSA) is 4.93 Å². The summed E-state index contributed by atoms with van der Waals surface area (Å²) in [5.41, 5.74) is 8.47. The number of rotatable bonds is 1. The fraction of sp³-hybridized carbons (Fsp3) is 0.222. The molecule has 0 spiro atoms. The summed E-state index contributed by atoms with van der Waals surface area (Å²) in [5.74, 6) is 0. The average molecular weight is 615 g/mol. The third kappa shape index (κ3) is 4.97. The van der Waals surface area contributed by atoms with Crippen molar-refractivity contribution in [2.24, 2.45) is 0 Å². The quantitative estimate of drug-likeness (QED) is 0.283. The summed E-state index contributed by atoms with van der Waals surface area (Å²) in [6.07, 6.45) is 10.1. The molecule has 0 saturated carbocycles. The van der Waals surface area contributed by atoms with Crippen LogP contribution in [0, 0.1) is 6.08 Å². The zero-order chi connectivity index (χ0) is 19.1. The molecular weight excluding hydrogens is 589 g/mol. The van der Waals surface area contributed by atoms with Crippen LogP contribution in [0.5, 0.6) is 0 Å². The minimum Gasteiger partial charge on any atom is -1.00 e. The fourth-order valence-corrected chi connectivity index (χ4v) is 4.54. The number of aromatic nitrogens is 1. The summed E-state index contributed by atoms with van der Waals surface area (Å²) in [6, 6.07) is 22.1. The van der Waals surface area contributed by atoms with Crippen LogP contribution < -0.4 is 34.0 Å². The zero-order valence-corrected chi connectivity index (χ0v) is 23.5. The zero-order valence-electron chi connectivity index (χ0n) is 17.9. The SMILES string of the molecule is CC1=[C-]CC=C1C.[Br-].[Br-].[Zr+4].c1ccc2[cH-]c(-n3c4c(c5ccccc53)CCC4)cc2c1. The van der Waals surface area contributed by atoms with Gasteiger partial charge in [-0.2, -0.15) is 6.08 Å². The first-order valence-electron chi connectivity index (χ1n) is 10.2. The molecule has 4 heteroatoms. The normalized spacial score (nSPS) is 13.9. The van der Waals surface area contributed by atoms with E-state index in [9.17, 15) is 0 Å². The molecule has 2 aliphatic carbocycles. The van der Waals surface area contributed by atoms with Crippen LogP contribution in [0.3, 0.4) is 0 Å². The van der Waals surface area contributed by atoms with Crippen molar-refractivity contribution in [1.82, 2.24) is 4.57 Å². The number of benzene rings is 2. The van der Waals surface area contributed by atoms with E-state index < -0.39 is 0 Å². The number of hydrogen-bond donors (Lipinski definition) is 0. The van der Waals surface area contributed by atoms with Gasteiger partial charge in [0.25, 0.3) is 0 Å². The molecule has 0 radical (unpaired) electrons. The molecule has 0 amide bonds. The molecule has 0 bridgehead atoms. The van der Waals surface area contributed by atoms with Crippen molar-refractivity contribution in [3.63, 3.8) is 0 Å². The van der Waals surface area contributed by atoms with Crippen molar-refractivity contribution >= 4 is 21.7 Å². The Morgan fingerprint density at radius 3 is 2.35 bits per heavy atom. The van der Waals surface area contributed by atoms with Crippen molar-refractivity contribution < 1.29 is 60.2 Å². The van der Waals surface area contributed by atoms with Crippen molar-refractivity contribution in [2.45, 2.75) is 39.5 Å². The fourth-order valence-electron chi connectivity index (χ4n) is 4.54. The van der Waals surface area contributed by atoms with E-state index in [0.717, 1.165) is 6.42 Å². The van der Waals surface area contributed by atoms with Crippen molar-refractivity contribution in [2.75, 3.05) is 0 Å². The van der Waals surface area contributed by atoms with Crippen LogP contribution in [0.4, 0.5) is 0 Å². The molecule has 0 saturated heterocycles. The first-order chi connectivity index (χ1) is 13.7. The Balaban J connectivity index is 0.000000298. The van der Waals surface area contributed by atoms with E-state index in [1.807, 2.05) is 0 Å². The van der Waals surface area contributed by atoms with Gasteiger partial charge in [0.05, 0.1) is 5.52 Å². The van der Waals surface area contributed by atoms with Crippen LogP contribution in [0.2, 0.25) is 0 Å². The van der Waals surface area contributed by atoms with Gasteiger partial charge in [-0.1, -0.05) is 31.2 Å². The molecule has 0 N–H and O–H groups in total. The molecule has 2 aliphatic rings. The third-order valence-corrected chi connectivity index (χ3v) is 6.16. The second-order valence-electron chi connectivity index (χ2n) is 7.87. The van der Waals surface area contributed by atoms with E-state index in [2.05, 4.69) is 91.2 Å². The number of fused-ring (bicyclic) bond motifs is 4. The van der Waals surface area contributed by atoms with Gasteiger partial charge < -0.3 is 38.5 Å². The van der Waals surface area contributed by atoms with Gasteiger partial charge >= 0.3 is 26.2 Å². The van der Waals surface area contributed by atoms with Crippen molar-refractivity contribution in [3.8, 4) is 5.69 Å². The van der Waals surface area contributed by atoms with Crippen LogP contribution in [0.15, 0.2) is 77.9 Å². The molecule has 31 heavy (non-hydrogen) atoms. The molecule has 0 aliphatic heterocycles. The Morgan fingerprint density at radius 2 is 1.68 bits per heavy atom. The predicted octanol–water partition coefficient (Wildman–Crippen LogP) is 1.08. The Bertz CT molecular complexity index is 1190. The van der Waals surface area contributed by atoms with E-state index in [1.54, 1.807) is 5.56 Å². The van der Waals surface area contributed by atoms with Crippen molar-refractivity contribution in [3.05, 3.63) is 95.2 Å². The monoisotopic (exact) mass is 611 g/mol. The van der Waals surface area contributed by atoms with Crippen LogP contribution >= 0.6 is 0 Å². The summed E-state index contributed by atoms with van der Waals surface area (Å²) in [4.78, 5) is 0. The third-order valence-electron chi connectivity index (χ3n) is 6.16. The van der Waals surface area contributed by atoms with E-state index in [4.69, 9.17) is 0 Å². The number of nitrogens with zero attached hydrogens (tertiary/aromatic N) is 1. The maximum Gasteiger partial charge on any atom is 4.00 e. The van der Waals surface area contributed by atoms with Gasteiger partial charge in [0.2, 0.25) is 0 Å². The second-order valence-corrected chi connectivity index (χ2v) is 7.87. The van der Waals surface area contributed by atoms with E-state index in [-0.39, 0.29) is 60.2 Å². The predicted molar refractivity (Wildman–Crippen MR) is 119 cm³/mol. The molecule has 1 nitrogen and oxygen atoms in total. The van der Waals surface area contributed by atoms with Gasteiger partial charge in [-0.25, -0.2) is 11.1 Å². The molecule has 0 unspecified atom stereocenters. The first kappa shape index (κ1) is 26.2. The minimum absolute atomic E-state index is 0. The summed E-state index contributed by atoms with van der Waals surface area (Å²) in [5, 5.41) is 4.10. The van der Waals surface area contributed by atoms with Crippen LogP contribution in [0.25, 0.3) is 27.4 Å². The summed E-state index contributed by atoms with van der Waals surface area (Å²) >= 11 is 0. The summed E-state index contributed by atoms with van der Waals surface area (Å²) in [7, 11) is 0. The smallest absolute Gasteiger partial charge is 1.00 e. The van der Waals surface area contributed by atoms with Crippen LogP contribution in [0.1, 0.15) is 37.9 Å². The molecule has 0 fully saturated rings. The first-order valence-corrected chi connectivity index (χ1v) is 10.2. The van der Waals surface area contributed by atoms with E-state index in [0.29, 0.717) is 0 Å². The average Bonchev–Trinajstić information content (AvgIpc) is 3.47. The molecule has 156 valence electrons. The summed E-state index contributed by atoms with van der Waals surface area (Å²) < 4.78 is 2.48. The number of halogens is 2. The molecule has 3 aromatic carbocycles. The molecule has 0 atom stereocenters. The van der Waals surface area contributed by atoms with E-state index >= 15 is 0 Å². The summed E-state index contributed by atoms with van der Waals surface area (Å²) in [6.45, 7) is 4.22. The molecule has 4 aromatic rings. The molecule has 6 rings (SSSR count). The van der Waals surface area contributed by atoms with Gasteiger partial charge in [0.1, 0.15) is 0 Å². The van der Waals surface area contributed by atoms with Gasteiger partial charge in [-0.05, 0) is 36.6 Å². The van der Waals surface area contributed by atoms with E-state index in [1.165, 1.54) is 63.5 Å².